The van der Waals surface area contributed by atoms with Gasteiger partial charge in [-0.15, -0.1) is 0 Å². The molecule has 0 spiro atoms. The van der Waals surface area contributed by atoms with Crippen molar-refractivity contribution in [2.45, 2.75) is 37.8 Å². The van der Waals surface area contributed by atoms with E-state index in [0.29, 0.717) is 12.5 Å². The van der Waals surface area contributed by atoms with Crippen molar-refractivity contribution in [2.75, 3.05) is 20.1 Å². The lowest BCUT2D eigenvalue weighted by molar-refractivity contribution is 0.0689. The predicted molar refractivity (Wildman–Crippen MR) is 70.3 cm³/mol. The number of nitrogens with two attached hydrogens (primary N) is 1. The maximum atomic E-state index is 11.3. The third kappa shape index (κ3) is 2.15. The average Bonchev–Trinajstić information content (AvgIpc) is 2.92. The van der Waals surface area contributed by atoms with Crippen molar-refractivity contribution >= 4 is 5.97 Å². The molecular formula is C13H20N4O2. The largest absolute Gasteiger partial charge is 0.476 e. The van der Waals surface area contributed by atoms with Crippen LogP contribution in [0.1, 0.15) is 40.8 Å². The number of carboxylic acids is 1. The van der Waals surface area contributed by atoms with Crippen molar-refractivity contribution < 1.29 is 9.90 Å². The van der Waals surface area contributed by atoms with Crippen molar-refractivity contribution in [3.05, 3.63) is 17.2 Å². The van der Waals surface area contributed by atoms with Gasteiger partial charge < -0.3 is 20.3 Å². The van der Waals surface area contributed by atoms with E-state index in [1.54, 1.807) is 0 Å². The molecule has 1 aromatic heterocycles. The number of carboxylic acid groups (broad SMARTS) is 1. The fraction of sp³-hybridized carbons (Fsp3) is 0.692. The van der Waals surface area contributed by atoms with Gasteiger partial charge in [-0.1, -0.05) is 0 Å². The third-order valence-electron chi connectivity index (χ3n) is 4.23. The summed E-state index contributed by atoms with van der Waals surface area (Å²) in [5.41, 5.74) is 7.12. The average molecular weight is 264 g/mol. The summed E-state index contributed by atoms with van der Waals surface area (Å²) in [5, 5.41) is 9.30. The van der Waals surface area contributed by atoms with E-state index in [4.69, 9.17) is 5.73 Å². The Bertz CT molecular complexity index is 511. The van der Waals surface area contributed by atoms with Crippen LogP contribution in [0.15, 0.2) is 0 Å². The third-order valence-corrected chi connectivity index (χ3v) is 4.23. The molecule has 6 heteroatoms. The Balaban J connectivity index is 2.02. The van der Waals surface area contributed by atoms with Crippen molar-refractivity contribution in [3.63, 3.8) is 0 Å². The number of fused-ring (bicyclic) bond motifs is 1. The first-order valence-corrected chi connectivity index (χ1v) is 6.83. The Labute approximate surface area is 112 Å². The quantitative estimate of drug-likeness (QED) is 0.801. The second-order valence-corrected chi connectivity index (χ2v) is 5.73. The standard InChI is InChI=1S/C13H20N4O2/c1-16-5-4-8(6-16)12-15-11(13(18)19)10-3-2-9(14)7-17(10)12/h8-9H,2-7,14H2,1H3,(H,18,19). The summed E-state index contributed by atoms with van der Waals surface area (Å²) in [6, 6.07) is 0.112. The lowest BCUT2D eigenvalue weighted by atomic mass is 10.0. The highest BCUT2D eigenvalue weighted by Crippen LogP contribution is 2.30. The number of rotatable bonds is 2. The molecule has 2 aliphatic rings. The van der Waals surface area contributed by atoms with Gasteiger partial charge >= 0.3 is 5.97 Å². The van der Waals surface area contributed by atoms with Gasteiger partial charge in [0.15, 0.2) is 5.69 Å². The number of aromatic carboxylic acids is 1. The van der Waals surface area contributed by atoms with Crippen molar-refractivity contribution in [1.82, 2.24) is 14.5 Å². The number of likely N-dealkylation sites (N-methyl/N-ethyl adjacent to an activating group) is 1. The van der Waals surface area contributed by atoms with Gasteiger partial charge in [0.25, 0.3) is 0 Å². The minimum atomic E-state index is -0.920. The second kappa shape index (κ2) is 4.61. The number of nitrogens with zero attached hydrogens (tertiary/aromatic N) is 3. The van der Waals surface area contributed by atoms with Crippen LogP contribution in [0.5, 0.6) is 0 Å². The smallest absolute Gasteiger partial charge is 0.356 e. The zero-order chi connectivity index (χ0) is 13.6. The Morgan fingerprint density at radius 3 is 2.84 bits per heavy atom. The number of imidazole rings is 1. The molecular weight excluding hydrogens is 244 g/mol. The van der Waals surface area contributed by atoms with Crippen LogP contribution in [0.2, 0.25) is 0 Å². The Hall–Kier alpha value is -1.40. The molecule has 2 unspecified atom stereocenters. The molecule has 1 aromatic rings. The van der Waals surface area contributed by atoms with Crippen LogP contribution in [-0.2, 0) is 13.0 Å². The van der Waals surface area contributed by atoms with Gasteiger partial charge in [-0.2, -0.15) is 0 Å². The van der Waals surface area contributed by atoms with Crippen molar-refractivity contribution in [3.8, 4) is 0 Å². The van der Waals surface area contributed by atoms with Gasteiger partial charge in [0.1, 0.15) is 5.82 Å². The first kappa shape index (κ1) is 12.6. The Morgan fingerprint density at radius 2 is 2.21 bits per heavy atom. The molecule has 0 saturated carbocycles. The molecule has 3 rings (SSSR count). The summed E-state index contributed by atoms with van der Waals surface area (Å²) < 4.78 is 2.07. The van der Waals surface area contributed by atoms with Gasteiger partial charge in [-0.3, -0.25) is 0 Å². The second-order valence-electron chi connectivity index (χ2n) is 5.73. The van der Waals surface area contributed by atoms with Crippen LogP contribution in [0.4, 0.5) is 0 Å². The molecule has 3 heterocycles. The topological polar surface area (TPSA) is 84.4 Å². The van der Waals surface area contributed by atoms with Crippen LogP contribution >= 0.6 is 0 Å². The molecule has 2 atom stereocenters. The van der Waals surface area contributed by atoms with Gasteiger partial charge in [-0.05, 0) is 32.9 Å². The number of carbonyl (C=O) groups is 1. The fourth-order valence-corrected chi connectivity index (χ4v) is 3.24. The lowest BCUT2D eigenvalue weighted by Gasteiger charge is -2.24. The molecule has 0 bridgehead atoms. The molecule has 6 nitrogen and oxygen atoms in total. The number of hydrogen-bond acceptors (Lipinski definition) is 4. The normalized spacial score (nSPS) is 27.5. The summed E-state index contributed by atoms with van der Waals surface area (Å²) in [7, 11) is 2.09. The van der Waals surface area contributed by atoms with Crippen LogP contribution in [0, 0.1) is 0 Å². The van der Waals surface area contributed by atoms with Crippen molar-refractivity contribution in [2.24, 2.45) is 5.73 Å². The van der Waals surface area contributed by atoms with Crippen LogP contribution in [0.3, 0.4) is 0 Å². The minimum Gasteiger partial charge on any atom is -0.476 e. The SMILES string of the molecule is CN1CCC(c2nc(C(=O)O)c3n2CC(N)CC3)C1. The first-order chi connectivity index (χ1) is 9.06. The zero-order valence-electron chi connectivity index (χ0n) is 11.2. The van der Waals surface area contributed by atoms with Gasteiger partial charge in [0, 0.05) is 25.0 Å². The molecule has 0 aliphatic carbocycles. The van der Waals surface area contributed by atoms with E-state index < -0.39 is 5.97 Å². The molecule has 1 saturated heterocycles. The molecule has 3 N–H and O–H groups in total. The Morgan fingerprint density at radius 1 is 1.42 bits per heavy atom. The van der Waals surface area contributed by atoms with Gasteiger partial charge in [0.2, 0.25) is 0 Å². The number of aromatic nitrogens is 2. The summed E-state index contributed by atoms with van der Waals surface area (Å²) in [5.74, 6) is 0.339. The lowest BCUT2D eigenvalue weighted by Crippen LogP contribution is -2.33. The summed E-state index contributed by atoms with van der Waals surface area (Å²) in [4.78, 5) is 18.0. The highest BCUT2D eigenvalue weighted by atomic mass is 16.4. The zero-order valence-corrected chi connectivity index (χ0v) is 11.2. The van der Waals surface area contributed by atoms with E-state index in [9.17, 15) is 9.90 Å². The van der Waals surface area contributed by atoms with Crippen LogP contribution < -0.4 is 5.73 Å². The Kier molecular flexibility index (Phi) is 3.06. The number of hydrogen-bond donors (Lipinski definition) is 2. The van der Waals surface area contributed by atoms with Crippen LogP contribution in [-0.4, -0.2) is 51.7 Å². The molecule has 1 fully saturated rings. The fourth-order valence-electron chi connectivity index (χ4n) is 3.24. The molecule has 0 aromatic carbocycles. The molecule has 0 radical (unpaired) electrons. The van der Waals surface area contributed by atoms with E-state index in [1.165, 1.54) is 0 Å². The molecule has 19 heavy (non-hydrogen) atoms. The van der Waals surface area contributed by atoms with E-state index in [-0.39, 0.29) is 11.7 Å². The molecule has 0 amide bonds. The van der Waals surface area contributed by atoms with E-state index in [2.05, 4.69) is 21.5 Å². The van der Waals surface area contributed by atoms with Gasteiger partial charge in [0.05, 0.1) is 5.69 Å². The monoisotopic (exact) mass is 264 g/mol. The van der Waals surface area contributed by atoms with E-state index >= 15 is 0 Å². The maximum Gasteiger partial charge on any atom is 0.356 e. The van der Waals surface area contributed by atoms with Gasteiger partial charge in [-0.25, -0.2) is 9.78 Å². The summed E-state index contributed by atoms with van der Waals surface area (Å²) in [6.45, 7) is 2.69. The first-order valence-electron chi connectivity index (χ1n) is 6.83. The summed E-state index contributed by atoms with van der Waals surface area (Å²) in [6.07, 6.45) is 2.61. The van der Waals surface area contributed by atoms with Crippen molar-refractivity contribution in [1.29, 1.82) is 0 Å². The van der Waals surface area contributed by atoms with Crippen LogP contribution in [0.25, 0.3) is 0 Å². The molecule has 2 aliphatic heterocycles. The van der Waals surface area contributed by atoms with E-state index in [1.807, 2.05) is 0 Å². The minimum absolute atomic E-state index is 0.112. The maximum absolute atomic E-state index is 11.3. The molecule has 104 valence electrons. The highest BCUT2D eigenvalue weighted by molar-refractivity contribution is 5.87. The predicted octanol–water partition coefficient (Wildman–Crippen LogP) is 0.274. The number of likely N-dealkylation sites (tertiary alicyclic amines) is 1. The van der Waals surface area contributed by atoms with E-state index in [0.717, 1.165) is 43.9 Å². The highest BCUT2D eigenvalue weighted by Gasteiger charge is 2.32. The summed E-state index contributed by atoms with van der Waals surface area (Å²) >= 11 is 0.